The molecule has 2 amide bonds. The summed E-state index contributed by atoms with van der Waals surface area (Å²) >= 11 is 6.31. The average molecular weight is 415 g/mol. The van der Waals surface area contributed by atoms with Gasteiger partial charge in [0.15, 0.2) is 0 Å². The van der Waals surface area contributed by atoms with Crippen LogP contribution in [0, 0.1) is 6.92 Å². The number of halogens is 1. The number of carbonyl (C=O) groups excluding carboxylic acids is 2. The van der Waals surface area contributed by atoms with E-state index >= 15 is 0 Å². The lowest BCUT2D eigenvalue weighted by molar-refractivity contribution is -0.141. The smallest absolute Gasteiger partial charge is 0.242 e. The zero-order chi connectivity index (χ0) is 21.6. The van der Waals surface area contributed by atoms with Gasteiger partial charge in [-0.2, -0.15) is 0 Å². The zero-order valence-corrected chi connectivity index (χ0v) is 18.7. The lowest BCUT2D eigenvalue weighted by atomic mass is 10.1. The molecule has 29 heavy (non-hydrogen) atoms. The third kappa shape index (κ3) is 7.21. The van der Waals surface area contributed by atoms with Crippen LogP contribution in [0.15, 0.2) is 48.5 Å². The summed E-state index contributed by atoms with van der Waals surface area (Å²) in [7, 11) is 0. The Kier molecular flexibility index (Phi) is 7.86. The van der Waals surface area contributed by atoms with Gasteiger partial charge in [-0.15, -0.1) is 0 Å². The quantitative estimate of drug-likeness (QED) is 0.699. The van der Waals surface area contributed by atoms with Gasteiger partial charge in [0.1, 0.15) is 6.04 Å². The minimum Gasteiger partial charge on any atom is -0.350 e. The SMILES string of the molecule is Cc1ccc(CCC(=O)N(Cc2ccccc2Cl)[C@H](C)C(=O)NC(C)(C)C)cc1. The van der Waals surface area contributed by atoms with Gasteiger partial charge in [-0.1, -0.05) is 59.6 Å². The Morgan fingerprint density at radius 1 is 1.07 bits per heavy atom. The topological polar surface area (TPSA) is 49.4 Å². The fourth-order valence-electron chi connectivity index (χ4n) is 3.02. The molecule has 0 aliphatic heterocycles. The van der Waals surface area contributed by atoms with E-state index in [0.29, 0.717) is 24.4 Å². The molecule has 0 saturated heterocycles. The van der Waals surface area contributed by atoms with E-state index in [1.54, 1.807) is 17.9 Å². The molecule has 0 spiro atoms. The molecule has 0 unspecified atom stereocenters. The number of hydrogen-bond acceptors (Lipinski definition) is 2. The van der Waals surface area contributed by atoms with Gasteiger partial charge in [0.25, 0.3) is 0 Å². The minimum atomic E-state index is -0.601. The minimum absolute atomic E-state index is 0.0675. The van der Waals surface area contributed by atoms with Gasteiger partial charge in [0, 0.05) is 23.5 Å². The van der Waals surface area contributed by atoms with Crippen LogP contribution in [0.5, 0.6) is 0 Å². The lowest BCUT2D eigenvalue weighted by Crippen LogP contribution is -2.52. The second-order valence-corrected chi connectivity index (χ2v) is 8.92. The summed E-state index contributed by atoms with van der Waals surface area (Å²) in [6.07, 6.45) is 0.965. The van der Waals surface area contributed by atoms with Crippen LogP contribution in [-0.2, 0) is 22.6 Å². The first-order valence-electron chi connectivity index (χ1n) is 9.97. The van der Waals surface area contributed by atoms with Crippen LogP contribution in [0.25, 0.3) is 0 Å². The molecule has 156 valence electrons. The van der Waals surface area contributed by atoms with Crippen LogP contribution in [0.2, 0.25) is 5.02 Å². The number of nitrogens with one attached hydrogen (secondary N) is 1. The number of nitrogens with zero attached hydrogens (tertiary/aromatic N) is 1. The second kappa shape index (κ2) is 9.93. The van der Waals surface area contributed by atoms with Gasteiger partial charge in [0.05, 0.1) is 0 Å². The Morgan fingerprint density at radius 3 is 2.28 bits per heavy atom. The van der Waals surface area contributed by atoms with Crippen molar-refractivity contribution >= 4 is 23.4 Å². The van der Waals surface area contributed by atoms with Gasteiger partial charge in [0.2, 0.25) is 11.8 Å². The first kappa shape index (κ1) is 23.0. The van der Waals surface area contributed by atoms with Crippen LogP contribution < -0.4 is 5.32 Å². The molecule has 1 N–H and O–H groups in total. The summed E-state index contributed by atoms with van der Waals surface area (Å²) in [4.78, 5) is 27.5. The van der Waals surface area contributed by atoms with Crippen LogP contribution in [0.3, 0.4) is 0 Å². The van der Waals surface area contributed by atoms with E-state index < -0.39 is 6.04 Å². The van der Waals surface area contributed by atoms with Crippen molar-refractivity contribution in [2.45, 2.75) is 65.6 Å². The van der Waals surface area contributed by atoms with Crippen molar-refractivity contribution in [1.29, 1.82) is 0 Å². The maximum atomic E-state index is 13.1. The number of amides is 2. The van der Waals surface area contributed by atoms with E-state index in [0.717, 1.165) is 11.1 Å². The molecule has 0 aromatic heterocycles. The van der Waals surface area contributed by atoms with Crippen molar-refractivity contribution in [3.05, 3.63) is 70.2 Å². The monoisotopic (exact) mass is 414 g/mol. The maximum Gasteiger partial charge on any atom is 0.242 e. The van der Waals surface area contributed by atoms with Crippen molar-refractivity contribution in [2.75, 3.05) is 0 Å². The summed E-state index contributed by atoms with van der Waals surface area (Å²) in [5.41, 5.74) is 2.75. The van der Waals surface area contributed by atoms with E-state index in [4.69, 9.17) is 11.6 Å². The molecule has 2 rings (SSSR count). The molecule has 1 atom stereocenters. The lowest BCUT2D eigenvalue weighted by Gasteiger charge is -2.31. The zero-order valence-electron chi connectivity index (χ0n) is 18.0. The number of benzene rings is 2. The van der Waals surface area contributed by atoms with Gasteiger partial charge in [-0.05, 0) is 58.2 Å². The molecule has 4 nitrogen and oxygen atoms in total. The molecule has 0 aliphatic carbocycles. The van der Waals surface area contributed by atoms with Crippen LogP contribution >= 0.6 is 11.6 Å². The molecule has 2 aromatic carbocycles. The molecule has 0 radical (unpaired) electrons. The van der Waals surface area contributed by atoms with Crippen molar-refractivity contribution in [1.82, 2.24) is 10.2 Å². The van der Waals surface area contributed by atoms with E-state index in [1.807, 2.05) is 70.2 Å². The molecule has 0 saturated carbocycles. The summed E-state index contributed by atoms with van der Waals surface area (Å²) in [5.74, 6) is -0.240. The fourth-order valence-corrected chi connectivity index (χ4v) is 3.21. The molecule has 0 heterocycles. The number of hydrogen-bond donors (Lipinski definition) is 1. The largest absolute Gasteiger partial charge is 0.350 e. The Morgan fingerprint density at radius 2 is 1.69 bits per heavy atom. The number of aryl methyl sites for hydroxylation is 2. The number of rotatable bonds is 7. The predicted molar refractivity (Wildman–Crippen MR) is 119 cm³/mol. The van der Waals surface area contributed by atoms with Gasteiger partial charge in [-0.25, -0.2) is 0 Å². The molecule has 0 fully saturated rings. The molecule has 5 heteroatoms. The van der Waals surface area contributed by atoms with Gasteiger partial charge in [-0.3, -0.25) is 9.59 Å². The van der Waals surface area contributed by atoms with Crippen molar-refractivity contribution < 1.29 is 9.59 Å². The summed E-state index contributed by atoms with van der Waals surface area (Å²) in [5, 5.41) is 3.56. The van der Waals surface area contributed by atoms with E-state index in [-0.39, 0.29) is 17.4 Å². The highest BCUT2D eigenvalue weighted by Crippen LogP contribution is 2.20. The predicted octanol–water partition coefficient (Wildman–Crippen LogP) is 4.91. The number of carbonyl (C=O) groups is 2. The first-order valence-corrected chi connectivity index (χ1v) is 10.3. The Balaban J connectivity index is 2.18. The summed E-state index contributed by atoms with van der Waals surface area (Å²) in [6.45, 7) is 9.88. The van der Waals surface area contributed by atoms with Crippen molar-refractivity contribution in [2.24, 2.45) is 0 Å². The highest BCUT2D eigenvalue weighted by Gasteiger charge is 2.28. The van der Waals surface area contributed by atoms with Gasteiger partial charge >= 0.3 is 0 Å². The highest BCUT2D eigenvalue weighted by molar-refractivity contribution is 6.31. The Hall–Kier alpha value is -2.33. The normalized spacial score (nSPS) is 12.3. The molecule has 0 aliphatic rings. The van der Waals surface area contributed by atoms with Crippen molar-refractivity contribution in [3.63, 3.8) is 0 Å². The molecule has 0 bridgehead atoms. The van der Waals surface area contributed by atoms with E-state index in [2.05, 4.69) is 5.32 Å². The van der Waals surface area contributed by atoms with E-state index in [1.165, 1.54) is 5.56 Å². The van der Waals surface area contributed by atoms with Crippen LogP contribution in [0.1, 0.15) is 50.8 Å². The fraction of sp³-hybridized carbons (Fsp3) is 0.417. The van der Waals surface area contributed by atoms with Crippen LogP contribution in [0.4, 0.5) is 0 Å². The van der Waals surface area contributed by atoms with Crippen LogP contribution in [-0.4, -0.2) is 28.3 Å². The maximum absolute atomic E-state index is 13.1. The molecule has 2 aromatic rings. The first-order chi connectivity index (χ1) is 13.6. The molecular weight excluding hydrogens is 384 g/mol. The second-order valence-electron chi connectivity index (χ2n) is 8.51. The van der Waals surface area contributed by atoms with Gasteiger partial charge < -0.3 is 10.2 Å². The highest BCUT2D eigenvalue weighted by atomic mass is 35.5. The summed E-state index contributed by atoms with van der Waals surface area (Å²) in [6, 6.07) is 15.0. The van der Waals surface area contributed by atoms with Crippen molar-refractivity contribution in [3.8, 4) is 0 Å². The Bertz CT molecular complexity index is 841. The van der Waals surface area contributed by atoms with E-state index in [9.17, 15) is 9.59 Å². The standard InChI is InChI=1S/C24H31ClN2O2/c1-17-10-12-19(13-11-17)14-15-22(28)27(16-20-8-6-7-9-21(20)25)18(2)23(29)26-24(3,4)5/h6-13,18H,14-16H2,1-5H3,(H,26,29)/t18-/m1/s1. The average Bonchev–Trinajstić information content (AvgIpc) is 2.65. The molecular formula is C24H31ClN2O2. The summed E-state index contributed by atoms with van der Waals surface area (Å²) < 4.78 is 0. The third-order valence-corrected chi connectivity index (χ3v) is 5.08. The third-order valence-electron chi connectivity index (χ3n) is 4.71. The Labute approximate surface area is 179 Å².